The highest BCUT2D eigenvalue weighted by Gasteiger charge is 2.18. The van der Waals surface area contributed by atoms with Gasteiger partial charge in [0.1, 0.15) is 0 Å². The molecule has 1 atom stereocenters. The molecule has 0 aliphatic carbocycles. The Bertz CT molecular complexity index is 724. The lowest BCUT2D eigenvalue weighted by Gasteiger charge is -2.18. The van der Waals surface area contributed by atoms with Gasteiger partial charge in [-0.1, -0.05) is 25.1 Å². The average molecular weight is 299 g/mol. The van der Waals surface area contributed by atoms with Gasteiger partial charge in [0.15, 0.2) is 0 Å². The average Bonchev–Trinajstić information content (AvgIpc) is 3.01. The highest BCUT2D eigenvalue weighted by molar-refractivity contribution is 7.17. The number of fused-ring (bicyclic) bond motifs is 1. The molecule has 1 aromatic carbocycles. The number of nitrogens with zero attached hydrogens (tertiary/aromatic N) is 2. The number of thiophene rings is 1. The van der Waals surface area contributed by atoms with Gasteiger partial charge in [0.2, 0.25) is 5.88 Å². The van der Waals surface area contributed by atoms with Crippen LogP contribution in [0.15, 0.2) is 41.8 Å². The van der Waals surface area contributed by atoms with Crippen LogP contribution in [-0.4, -0.2) is 23.9 Å². The molecule has 108 valence electrons. The molecule has 0 amide bonds. The Balaban J connectivity index is 2.06. The van der Waals surface area contributed by atoms with Crippen LogP contribution in [0.2, 0.25) is 0 Å². The summed E-state index contributed by atoms with van der Waals surface area (Å²) in [7, 11) is 1.60. The number of hydrogen-bond donors (Lipinski definition) is 1. The maximum absolute atomic E-state index is 5.08. The molecule has 3 aromatic rings. The van der Waals surface area contributed by atoms with E-state index in [2.05, 4.69) is 52.1 Å². The fourth-order valence-electron chi connectivity index (χ4n) is 2.41. The minimum absolute atomic E-state index is 0.0377. The molecule has 0 aliphatic rings. The topological polar surface area (TPSA) is 47.0 Å². The highest BCUT2D eigenvalue weighted by Crippen LogP contribution is 2.31. The molecule has 5 heteroatoms. The van der Waals surface area contributed by atoms with E-state index in [9.17, 15) is 0 Å². The van der Waals surface area contributed by atoms with Gasteiger partial charge in [0.05, 0.1) is 18.8 Å². The lowest BCUT2D eigenvalue weighted by Crippen LogP contribution is -2.23. The third-order valence-corrected chi connectivity index (χ3v) is 4.37. The number of rotatable bonds is 5. The Kier molecular flexibility index (Phi) is 4.13. The third-order valence-electron chi connectivity index (χ3n) is 3.39. The molecular formula is C16H17N3OS. The number of methoxy groups -OCH3 is 1. The summed E-state index contributed by atoms with van der Waals surface area (Å²) in [6.45, 7) is 2.96. The van der Waals surface area contributed by atoms with Crippen molar-refractivity contribution in [1.82, 2.24) is 15.5 Å². The number of ether oxygens (including phenoxy) is 1. The van der Waals surface area contributed by atoms with Crippen LogP contribution in [-0.2, 0) is 0 Å². The fraction of sp³-hybridized carbons (Fsp3) is 0.250. The maximum atomic E-state index is 5.08. The van der Waals surface area contributed by atoms with Crippen molar-refractivity contribution in [2.45, 2.75) is 13.0 Å². The zero-order valence-corrected chi connectivity index (χ0v) is 12.9. The Morgan fingerprint density at radius 1 is 1.19 bits per heavy atom. The van der Waals surface area contributed by atoms with Crippen molar-refractivity contribution in [2.75, 3.05) is 13.7 Å². The van der Waals surface area contributed by atoms with Gasteiger partial charge in [-0.25, -0.2) is 0 Å². The second kappa shape index (κ2) is 6.20. The summed E-state index contributed by atoms with van der Waals surface area (Å²) in [6, 6.07) is 12.4. The normalized spacial score (nSPS) is 12.5. The molecule has 0 saturated heterocycles. The largest absolute Gasteiger partial charge is 0.480 e. The zero-order chi connectivity index (χ0) is 14.7. The molecule has 2 aromatic heterocycles. The first-order valence-corrected chi connectivity index (χ1v) is 7.78. The quantitative estimate of drug-likeness (QED) is 0.784. The number of benzene rings is 1. The molecule has 0 spiro atoms. The Morgan fingerprint density at radius 3 is 2.81 bits per heavy atom. The van der Waals surface area contributed by atoms with Crippen LogP contribution >= 0.6 is 11.3 Å². The van der Waals surface area contributed by atoms with Gasteiger partial charge in [-0.15, -0.1) is 21.5 Å². The zero-order valence-electron chi connectivity index (χ0n) is 12.0. The molecule has 4 nitrogen and oxygen atoms in total. The number of nitrogens with one attached hydrogen (secondary N) is 1. The van der Waals surface area contributed by atoms with Gasteiger partial charge in [0, 0.05) is 10.8 Å². The van der Waals surface area contributed by atoms with E-state index in [0.717, 1.165) is 12.2 Å². The maximum Gasteiger partial charge on any atom is 0.233 e. The Labute approximate surface area is 127 Å². The summed E-state index contributed by atoms with van der Waals surface area (Å²) in [5.41, 5.74) is 2.14. The molecule has 0 bridgehead atoms. The Morgan fingerprint density at radius 2 is 2.10 bits per heavy atom. The van der Waals surface area contributed by atoms with E-state index in [1.807, 2.05) is 12.1 Å². The van der Waals surface area contributed by atoms with Crippen LogP contribution < -0.4 is 10.1 Å². The van der Waals surface area contributed by atoms with E-state index in [-0.39, 0.29) is 6.04 Å². The molecule has 0 saturated carbocycles. The number of hydrogen-bond acceptors (Lipinski definition) is 5. The van der Waals surface area contributed by atoms with Gasteiger partial charge in [-0.2, -0.15) is 0 Å². The smallest absolute Gasteiger partial charge is 0.233 e. The van der Waals surface area contributed by atoms with Crippen LogP contribution in [0.5, 0.6) is 5.88 Å². The van der Waals surface area contributed by atoms with Gasteiger partial charge in [-0.05, 0) is 35.0 Å². The lowest BCUT2D eigenvalue weighted by atomic mass is 10.0. The van der Waals surface area contributed by atoms with Crippen LogP contribution in [0.4, 0.5) is 0 Å². The van der Waals surface area contributed by atoms with Crippen LogP contribution in [0.3, 0.4) is 0 Å². The van der Waals surface area contributed by atoms with Crippen LogP contribution in [0, 0.1) is 0 Å². The highest BCUT2D eigenvalue weighted by atomic mass is 32.1. The summed E-state index contributed by atoms with van der Waals surface area (Å²) in [5.74, 6) is 0.531. The van der Waals surface area contributed by atoms with Crippen molar-refractivity contribution in [2.24, 2.45) is 0 Å². The molecule has 0 radical (unpaired) electrons. The SMILES string of the molecule is CCNC(c1ccc(OC)nn1)c1cccc2ccsc12. The Hall–Kier alpha value is -1.98. The second-order valence-corrected chi connectivity index (χ2v) is 5.59. The van der Waals surface area contributed by atoms with Crippen molar-refractivity contribution >= 4 is 21.4 Å². The first kappa shape index (κ1) is 14.0. The third kappa shape index (κ3) is 2.75. The van der Waals surface area contributed by atoms with Gasteiger partial charge < -0.3 is 10.1 Å². The predicted molar refractivity (Wildman–Crippen MR) is 85.9 cm³/mol. The lowest BCUT2D eigenvalue weighted by molar-refractivity contribution is 0.390. The monoisotopic (exact) mass is 299 g/mol. The summed E-state index contributed by atoms with van der Waals surface area (Å²) in [5, 5.41) is 15.3. The molecule has 0 fully saturated rings. The van der Waals surface area contributed by atoms with Crippen molar-refractivity contribution in [3.8, 4) is 5.88 Å². The van der Waals surface area contributed by atoms with Crippen molar-refractivity contribution in [3.05, 3.63) is 53.0 Å². The van der Waals surface area contributed by atoms with E-state index >= 15 is 0 Å². The standard InChI is InChI=1S/C16H17N3OS/c1-3-17-15(13-7-8-14(20-2)19-18-13)12-6-4-5-11-9-10-21-16(11)12/h4-10,15,17H,3H2,1-2H3. The molecule has 2 heterocycles. The summed E-state index contributed by atoms with van der Waals surface area (Å²) in [4.78, 5) is 0. The number of aromatic nitrogens is 2. The van der Waals surface area contributed by atoms with Crippen molar-refractivity contribution in [3.63, 3.8) is 0 Å². The molecule has 3 rings (SSSR count). The van der Waals surface area contributed by atoms with Gasteiger partial charge in [0.25, 0.3) is 0 Å². The van der Waals surface area contributed by atoms with E-state index < -0.39 is 0 Å². The van der Waals surface area contributed by atoms with E-state index in [1.165, 1.54) is 15.6 Å². The van der Waals surface area contributed by atoms with Crippen LogP contribution in [0.25, 0.3) is 10.1 Å². The minimum Gasteiger partial charge on any atom is -0.480 e. The predicted octanol–water partition coefficient (Wildman–Crippen LogP) is 3.40. The van der Waals surface area contributed by atoms with Gasteiger partial charge in [-0.3, -0.25) is 0 Å². The summed E-state index contributed by atoms with van der Waals surface area (Å²) >= 11 is 1.76. The molecule has 1 unspecified atom stereocenters. The summed E-state index contributed by atoms with van der Waals surface area (Å²) in [6.07, 6.45) is 0. The second-order valence-electron chi connectivity index (χ2n) is 4.68. The van der Waals surface area contributed by atoms with E-state index in [0.29, 0.717) is 5.88 Å². The fourth-order valence-corrected chi connectivity index (χ4v) is 3.36. The summed E-state index contributed by atoms with van der Waals surface area (Å²) < 4.78 is 6.37. The van der Waals surface area contributed by atoms with E-state index in [1.54, 1.807) is 18.4 Å². The van der Waals surface area contributed by atoms with E-state index in [4.69, 9.17) is 4.74 Å². The molecule has 21 heavy (non-hydrogen) atoms. The molecular weight excluding hydrogens is 282 g/mol. The van der Waals surface area contributed by atoms with Gasteiger partial charge >= 0.3 is 0 Å². The minimum atomic E-state index is 0.0377. The molecule has 1 N–H and O–H groups in total. The van der Waals surface area contributed by atoms with Crippen LogP contribution in [0.1, 0.15) is 24.2 Å². The van der Waals surface area contributed by atoms with Crippen molar-refractivity contribution in [1.29, 1.82) is 0 Å². The molecule has 0 aliphatic heterocycles. The first-order chi connectivity index (χ1) is 10.3. The first-order valence-electron chi connectivity index (χ1n) is 6.90. The van der Waals surface area contributed by atoms with Crippen molar-refractivity contribution < 1.29 is 4.74 Å².